The zero-order valence-electron chi connectivity index (χ0n) is 17.4. The summed E-state index contributed by atoms with van der Waals surface area (Å²) < 4.78 is 32.1. The summed E-state index contributed by atoms with van der Waals surface area (Å²) in [5.41, 5.74) is 1.10. The van der Waals surface area contributed by atoms with Gasteiger partial charge in [0.25, 0.3) is 0 Å². The van der Waals surface area contributed by atoms with Gasteiger partial charge in [-0.3, -0.25) is 4.90 Å². The molecule has 0 aromatic heterocycles. The number of methoxy groups -OCH3 is 1. The number of hydrogen-bond donors (Lipinski definition) is 2. The summed E-state index contributed by atoms with van der Waals surface area (Å²) in [6, 6.07) is 1.72. The van der Waals surface area contributed by atoms with E-state index in [1.165, 1.54) is 7.11 Å². The minimum Gasteiger partial charge on any atom is -0.493 e. The molecule has 28 heavy (non-hydrogen) atoms. The number of ether oxygens (including phenoxy) is 3. The third-order valence-corrected chi connectivity index (χ3v) is 5.27. The number of fused-ring (bicyclic) bond motifs is 3. The second-order valence-electron chi connectivity index (χ2n) is 8.78. The van der Waals surface area contributed by atoms with E-state index in [2.05, 4.69) is 4.90 Å². The second kappa shape index (κ2) is 8.14. The normalized spacial score (nSPS) is 26.4. The van der Waals surface area contributed by atoms with Crippen LogP contribution >= 0.6 is 0 Å². The molecule has 0 spiro atoms. The summed E-state index contributed by atoms with van der Waals surface area (Å²) in [5, 5.41) is 20.1. The van der Waals surface area contributed by atoms with Gasteiger partial charge in [0.05, 0.1) is 31.0 Å². The first-order valence-electron chi connectivity index (χ1n) is 9.90. The van der Waals surface area contributed by atoms with Gasteiger partial charge in [-0.2, -0.15) is 0 Å². The van der Waals surface area contributed by atoms with Crippen LogP contribution in [0.2, 0.25) is 0 Å². The lowest BCUT2D eigenvalue weighted by atomic mass is 9.84. The molecule has 0 radical (unpaired) electrons. The zero-order valence-corrected chi connectivity index (χ0v) is 17.4. The Morgan fingerprint density at radius 2 is 2.07 bits per heavy atom. The van der Waals surface area contributed by atoms with Crippen LogP contribution < -0.4 is 9.47 Å². The Kier molecular flexibility index (Phi) is 6.20. The van der Waals surface area contributed by atoms with E-state index in [1.54, 1.807) is 6.92 Å². The van der Waals surface area contributed by atoms with Crippen LogP contribution in [0.25, 0.3) is 0 Å². The van der Waals surface area contributed by atoms with E-state index >= 15 is 4.39 Å². The smallest absolute Gasteiger partial charge is 0.197 e. The maximum atomic E-state index is 15.2. The number of halogens is 1. The largest absolute Gasteiger partial charge is 0.493 e. The molecule has 0 saturated carbocycles. The van der Waals surface area contributed by atoms with E-state index in [-0.39, 0.29) is 30.1 Å². The highest BCUT2D eigenvalue weighted by Gasteiger charge is 2.41. The summed E-state index contributed by atoms with van der Waals surface area (Å²) in [4.78, 5) is 2.25. The molecule has 0 aliphatic carbocycles. The van der Waals surface area contributed by atoms with Gasteiger partial charge in [0, 0.05) is 19.1 Å². The first kappa shape index (κ1) is 21.3. The molecule has 0 unspecified atom stereocenters. The minimum atomic E-state index is -0.705. The highest BCUT2D eigenvalue weighted by molar-refractivity contribution is 5.51. The van der Waals surface area contributed by atoms with Crippen molar-refractivity contribution in [3.05, 3.63) is 23.0 Å². The Balaban J connectivity index is 1.89. The van der Waals surface area contributed by atoms with Crippen LogP contribution in [0.3, 0.4) is 0 Å². The van der Waals surface area contributed by atoms with Crippen LogP contribution in [-0.2, 0) is 11.2 Å². The van der Waals surface area contributed by atoms with Crippen molar-refractivity contribution in [1.29, 1.82) is 0 Å². The molecule has 0 bridgehead atoms. The summed E-state index contributed by atoms with van der Waals surface area (Å²) in [5.74, 6) is -0.0839. The molecule has 1 aromatic rings. The van der Waals surface area contributed by atoms with Crippen LogP contribution in [0.15, 0.2) is 6.07 Å². The van der Waals surface area contributed by atoms with Crippen LogP contribution in [0.1, 0.15) is 51.3 Å². The summed E-state index contributed by atoms with van der Waals surface area (Å²) in [7, 11) is 1.47. The van der Waals surface area contributed by atoms with Gasteiger partial charge < -0.3 is 24.4 Å². The van der Waals surface area contributed by atoms with Gasteiger partial charge in [-0.05, 0) is 57.7 Å². The molecule has 6 nitrogen and oxygen atoms in total. The quantitative estimate of drug-likeness (QED) is 0.795. The van der Waals surface area contributed by atoms with E-state index in [9.17, 15) is 10.2 Å². The number of aliphatic hydroxyl groups is 2. The molecule has 1 saturated heterocycles. The average Bonchev–Trinajstić information content (AvgIpc) is 2.60. The van der Waals surface area contributed by atoms with Gasteiger partial charge in [-0.1, -0.05) is 0 Å². The fourth-order valence-corrected chi connectivity index (χ4v) is 4.11. The maximum absolute atomic E-state index is 15.2. The monoisotopic (exact) mass is 397 g/mol. The van der Waals surface area contributed by atoms with Crippen molar-refractivity contribution in [3.8, 4) is 11.5 Å². The Morgan fingerprint density at radius 3 is 2.68 bits per heavy atom. The number of piperidine rings is 1. The first-order valence-corrected chi connectivity index (χ1v) is 9.90. The predicted octanol–water partition coefficient (Wildman–Crippen LogP) is 2.44. The molecular weight excluding hydrogens is 365 g/mol. The molecule has 0 amide bonds. The molecule has 2 N–H and O–H groups in total. The van der Waals surface area contributed by atoms with E-state index in [0.29, 0.717) is 37.2 Å². The summed E-state index contributed by atoms with van der Waals surface area (Å²) in [6.07, 6.45) is -0.566. The highest BCUT2D eigenvalue weighted by atomic mass is 19.1. The van der Waals surface area contributed by atoms with Gasteiger partial charge in [-0.25, -0.2) is 4.39 Å². The number of benzene rings is 1. The highest BCUT2D eigenvalue weighted by Crippen LogP contribution is 2.44. The lowest BCUT2D eigenvalue weighted by molar-refractivity contribution is -0.149. The van der Waals surface area contributed by atoms with Crippen molar-refractivity contribution >= 4 is 0 Å². The fourth-order valence-electron chi connectivity index (χ4n) is 4.11. The Labute approximate surface area is 166 Å². The first-order chi connectivity index (χ1) is 13.1. The standard InChI is InChI=1S/C21H32FNO5/c1-12(24)11-27-20-17(26-5)8-14-13(19(20)22)6-7-23-10-18(28-21(2,3)4)16(25)9-15(14)23/h8,12,15-16,18,24-25H,6-7,9-11H2,1-5H3/t12-,15-,16-,18-/m1/s1. The molecule has 2 aliphatic heterocycles. The topological polar surface area (TPSA) is 71.4 Å². The van der Waals surface area contributed by atoms with E-state index in [4.69, 9.17) is 14.2 Å². The van der Waals surface area contributed by atoms with Gasteiger partial charge in [-0.15, -0.1) is 0 Å². The summed E-state index contributed by atoms with van der Waals surface area (Å²) >= 11 is 0. The lowest BCUT2D eigenvalue weighted by Crippen LogP contribution is -2.53. The molecule has 4 atom stereocenters. The maximum Gasteiger partial charge on any atom is 0.197 e. The van der Waals surface area contributed by atoms with Crippen molar-refractivity contribution in [2.24, 2.45) is 0 Å². The Hall–Kier alpha value is -1.41. The minimum absolute atomic E-state index is 0.00778. The van der Waals surface area contributed by atoms with Crippen LogP contribution in [0, 0.1) is 5.82 Å². The molecule has 1 aromatic carbocycles. The van der Waals surface area contributed by atoms with Crippen molar-refractivity contribution in [3.63, 3.8) is 0 Å². The van der Waals surface area contributed by atoms with Gasteiger partial charge in [0.15, 0.2) is 17.3 Å². The van der Waals surface area contributed by atoms with E-state index in [0.717, 1.165) is 5.56 Å². The molecular formula is C21H32FNO5. The number of aliphatic hydroxyl groups excluding tert-OH is 2. The third-order valence-electron chi connectivity index (χ3n) is 5.27. The molecule has 7 heteroatoms. The number of rotatable bonds is 5. The van der Waals surface area contributed by atoms with E-state index in [1.807, 2.05) is 26.8 Å². The SMILES string of the molecule is COc1cc2c(c(F)c1OC[C@@H](C)O)CCN1C[C@@H](OC(C)(C)C)[C@H](O)C[C@H]21. The van der Waals surface area contributed by atoms with Crippen LogP contribution in [0.4, 0.5) is 4.39 Å². The fraction of sp³-hybridized carbons (Fsp3) is 0.714. The number of hydrogen-bond acceptors (Lipinski definition) is 6. The molecule has 1 fully saturated rings. The van der Waals surface area contributed by atoms with Crippen molar-refractivity contribution in [2.45, 2.75) is 70.5 Å². The molecule has 158 valence electrons. The van der Waals surface area contributed by atoms with Crippen LogP contribution in [0.5, 0.6) is 11.5 Å². The molecule has 3 rings (SSSR count). The second-order valence-corrected chi connectivity index (χ2v) is 8.78. The van der Waals surface area contributed by atoms with Gasteiger partial charge in [0.1, 0.15) is 6.61 Å². The van der Waals surface area contributed by atoms with Crippen molar-refractivity contribution in [2.75, 3.05) is 26.8 Å². The zero-order chi connectivity index (χ0) is 20.6. The van der Waals surface area contributed by atoms with Crippen molar-refractivity contribution < 1.29 is 28.8 Å². The lowest BCUT2D eigenvalue weighted by Gasteiger charge is -2.46. The third kappa shape index (κ3) is 4.43. The Bertz CT molecular complexity index is 703. The van der Waals surface area contributed by atoms with Crippen LogP contribution in [-0.4, -0.2) is 65.8 Å². The average molecular weight is 397 g/mol. The summed E-state index contributed by atoms with van der Waals surface area (Å²) in [6.45, 7) is 8.80. The Morgan fingerprint density at radius 1 is 1.36 bits per heavy atom. The van der Waals surface area contributed by atoms with E-state index < -0.39 is 18.0 Å². The number of nitrogens with zero attached hydrogens (tertiary/aromatic N) is 1. The molecule has 2 aliphatic rings. The van der Waals surface area contributed by atoms with Gasteiger partial charge >= 0.3 is 0 Å². The van der Waals surface area contributed by atoms with Crippen molar-refractivity contribution in [1.82, 2.24) is 4.90 Å². The van der Waals surface area contributed by atoms with Gasteiger partial charge in [0.2, 0.25) is 0 Å². The molecule has 2 heterocycles. The predicted molar refractivity (Wildman–Crippen MR) is 103 cm³/mol.